The van der Waals surface area contributed by atoms with Gasteiger partial charge in [-0.15, -0.1) is 0 Å². The molecule has 1 aromatic carbocycles. The van der Waals surface area contributed by atoms with Crippen molar-refractivity contribution >= 4 is 23.6 Å². The van der Waals surface area contributed by atoms with Gasteiger partial charge in [0.25, 0.3) is 0 Å². The SMILES string of the molecule is CC(=O)Nc1ccc(C=CC(=O)O)c(C)c1.CO. The highest BCUT2D eigenvalue weighted by atomic mass is 16.4. The fraction of sp³-hybridized carbons (Fsp3) is 0.231. The van der Waals surface area contributed by atoms with E-state index >= 15 is 0 Å². The molecule has 1 rings (SSSR count). The molecule has 0 aliphatic carbocycles. The van der Waals surface area contributed by atoms with E-state index in [1.807, 2.05) is 6.92 Å². The Bertz CT molecular complexity index is 452. The standard InChI is InChI=1S/C12H13NO3.CH4O/c1-8-7-11(13-9(2)14)5-3-10(8)4-6-12(15)16;1-2/h3-7H,1-2H3,(H,13,14)(H,15,16);2H,1H3. The zero-order valence-corrected chi connectivity index (χ0v) is 10.6. The van der Waals surface area contributed by atoms with Crippen molar-refractivity contribution in [2.75, 3.05) is 12.4 Å². The molecule has 0 aliphatic rings. The van der Waals surface area contributed by atoms with Crippen LogP contribution in [0.5, 0.6) is 0 Å². The molecule has 1 amide bonds. The third kappa shape index (κ3) is 5.81. The summed E-state index contributed by atoms with van der Waals surface area (Å²) in [4.78, 5) is 21.2. The molecule has 1 aromatic rings. The predicted octanol–water partition coefficient (Wildman–Crippen LogP) is 1.66. The average Bonchev–Trinajstić information content (AvgIpc) is 2.29. The highest BCUT2D eigenvalue weighted by Crippen LogP contribution is 2.16. The maximum absolute atomic E-state index is 10.8. The molecule has 98 valence electrons. The monoisotopic (exact) mass is 251 g/mol. The first kappa shape index (κ1) is 15.9. The molecule has 0 spiro atoms. The molecule has 0 unspecified atom stereocenters. The molecular weight excluding hydrogens is 234 g/mol. The van der Waals surface area contributed by atoms with Crippen molar-refractivity contribution in [3.63, 3.8) is 0 Å². The number of hydrogen-bond donors (Lipinski definition) is 3. The zero-order chi connectivity index (χ0) is 14.1. The first-order valence-corrected chi connectivity index (χ1v) is 5.23. The van der Waals surface area contributed by atoms with Crippen molar-refractivity contribution in [1.29, 1.82) is 0 Å². The van der Waals surface area contributed by atoms with Crippen LogP contribution in [0.4, 0.5) is 5.69 Å². The Morgan fingerprint density at radius 3 is 2.33 bits per heavy atom. The fourth-order valence-electron chi connectivity index (χ4n) is 1.30. The number of aliphatic hydroxyl groups is 1. The number of aryl methyl sites for hydroxylation is 1. The molecule has 0 fully saturated rings. The topological polar surface area (TPSA) is 86.6 Å². The molecule has 0 saturated heterocycles. The summed E-state index contributed by atoms with van der Waals surface area (Å²) in [5.74, 6) is -1.11. The van der Waals surface area contributed by atoms with Crippen LogP contribution in [0.25, 0.3) is 6.08 Å². The minimum atomic E-state index is -0.981. The van der Waals surface area contributed by atoms with E-state index in [2.05, 4.69) is 5.32 Å². The van der Waals surface area contributed by atoms with Crippen LogP contribution in [-0.2, 0) is 9.59 Å². The number of benzene rings is 1. The summed E-state index contributed by atoms with van der Waals surface area (Å²) < 4.78 is 0. The maximum atomic E-state index is 10.8. The second-order valence-electron chi connectivity index (χ2n) is 3.42. The van der Waals surface area contributed by atoms with Gasteiger partial charge in [0.1, 0.15) is 0 Å². The number of hydrogen-bond acceptors (Lipinski definition) is 3. The second-order valence-corrected chi connectivity index (χ2v) is 3.42. The summed E-state index contributed by atoms with van der Waals surface area (Å²) in [6, 6.07) is 5.29. The van der Waals surface area contributed by atoms with E-state index in [-0.39, 0.29) is 5.91 Å². The lowest BCUT2D eigenvalue weighted by Gasteiger charge is -2.05. The van der Waals surface area contributed by atoms with E-state index < -0.39 is 5.97 Å². The molecule has 3 N–H and O–H groups in total. The van der Waals surface area contributed by atoms with Gasteiger partial charge in [-0.25, -0.2) is 4.79 Å². The van der Waals surface area contributed by atoms with Crippen molar-refractivity contribution in [2.24, 2.45) is 0 Å². The van der Waals surface area contributed by atoms with E-state index in [0.717, 1.165) is 24.3 Å². The van der Waals surface area contributed by atoms with Gasteiger partial charge in [0.2, 0.25) is 5.91 Å². The summed E-state index contributed by atoms with van der Waals surface area (Å²) >= 11 is 0. The van der Waals surface area contributed by atoms with Crippen LogP contribution in [0, 0.1) is 6.92 Å². The quantitative estimate of drug-likeness (QED) is 0.713. The van der Waals surface area contributed by atoms with Crippen LogP contribution >= 0.6 is 0 Å². The van der Waals surface area contributed by atoms with E-state index in [1.54, 1.807) is 18.2 Å². The molecular formula is C13H17NO4. The molecule has 0 aliphatic heterocycles. The van der Waals surface area contributed by atoms with Crippen molar-refractivity contribution in [3.05, 3.63) is 35.4 Å². The van der Waals surface area contributed by atoms with E-state index in [1.165, 1.54) is 13.0 Å². The highest BCUT2D eigenvalue weighted by molar-refractivity contribution is 5.89. The number of anilines is 1. The van der Waals surface area contributed by atoms with Crippen molar-refractivity contribution in [2.45, 2.75) is 13.8 Å². The Kier molecular flexibility index (Phi) is 7.07. The number of carboxylic acids is 1. The van der Waals surface area contributed by atoms with Crippen LogP contribution in [0.1, 0.15) is 18.1 Å². The number of rotatable bonds is 3. The van der Waals surface area contributed by atoms with Crippen LogP contribution in [0.2, 0.25) is 0 Å². The van der Waals surface area contributed by atoms with Gasteiger partial charge >= 0.3 is 5.97 Å². The Balaban J connectivity index is 0.00000137. The molecule has 5 nitrogen and oxygen atoms in total. The smallest absolute Gasteiger partial charge is 0.328 e. The summed E-state index contributed by atoms with van der Waals surface area (Å²) in [5.41, 5.74) is 2.43. The number of nitrogens with one attached hydrogen (secondary N) is 1. The van der Waals surface area contributed by atoms with Crippen molar-refractivity contribution in [3.8, 4) is 0 Å². The van der Waals surface area contributed by atoms with E-state index in [9.17, 15) is 9.59 Å². The van der Waals surface area contributed by atoms with Crippen LogP contribution in [0.3, 0.4) is 0 Å². The molecule has 5 heteroatoms. The van der Waals surface area contributed by atoms with Crippen LogP contribution < -0.4 is 5.32 Å². The molecule has 0 saturated carbocycles. The van der Waals surface area contributed by atoms with Gasteiger partial charge in [0.05, 0.1) is 0 Å². The Hall–Kier alpha value is -2.14. The zero-order valence-electron chi connectivity index (χ0n) is 10.6. The van der Waals surface area contributed by atoms with Gasteiger partial charge in [-0.2, -0.15) is 0 Å². The lowest BCUT2D eigenvalue weighted by Crippen LogP contribution is -2.05. The van der Waals surface area contributed by atoms with Gasteiger partial charge in [-0.05, 0) is 36.3 Å². The molecule has 18 heavy (non-hydrogen) atoms. The predicted molar refractivity (Wildman–Crippen MR) is 70.3 cm³/mol. The van der Waals surface area contributed by atoms with Gasteiger partial charge in [0, 0.05) is 25.8 Å². The lowest BCUT2D eigenvalue weighted by atomic mass is 10.1. The number of carbonyl (C=O) groups excluding carboxylic acids is 1. The Labute approximate surface area is 106 Å². The first-order valence-electron chi connectivity index (χ1n) is 5.23. The second kappa shape index (κ2) is 8.03. The van der Waals surface area contributed by atoms with Gasteiger partial charge < -0.3 is 15.5 Å². The number of aliphatic carboxylic acids is 1. The first-order chi connectivity index (χ1) is 8.49. The summed E-state index contributed by atoms with van der Waals surface area (Å²) in [6.45, 7) is 3.29. The number of carboxylic acid groups (broad SMARTS) is 1. The minimum absolute atomic E-state index is 0.131. The minimum Gasteiger partial charge on any atom is -0.478 e. The molecule has 0 bridgehead atoms. The third-order valence-corrected chi connectivity index (χ3v) is 2.00. The normalized spacial score (nSPS) is 9.56. The molecule has 0 atom stereocenters. The largest absolute Gasteiger partial charge is 0.478 e. The van der Waals surface area contributed by atoms with E-state index in [4.69, 9.17) is 10.2 Å². The Morgan fingerprint density at radius 2 is 1.89 bits per heavy atom. The van der Waals surface area contributed by atoms with Gasteiger partial charge in [-0.3, -0.25) is 4.79 Å². The number of carbonyl (C=O) groups is 2. The molecule has 0 aromatic heterocycles. The van der Waals surface area contributed by atoms with Crippen molar-refractivity contribution in [1.82, 2.24) is 0 Å². The third-order valence-electron chi connectivity index (χ3n) is 2.00. The van der Waals surface area contributed by atoms with Crippen molar-refractivity contribution < 1.29 is 19.8 Å². The number of aliphatic hydroxyl groups excluding tert-OH is 1. The fourth-order valence-corrected chi connectivity index (χ4v) is 1.30. The van der Waals surface area contributed by atoms with Crippen LogP contribution in [-0.4, -0.2) is 29.2 Å². The average molecular weight is 251 g/mol. The summed E-state index contributed by atoms with van der Waals surface area (Å²) in [7, 11) is 1.00. The lowest BCUT2D eigenvalue weighted by molar-refractivity contribution is -0.131. The molecule has 0 heterocycles. The summed E-state index contributed by atoms with van der Waals surface area (Å²) in [6.07, 6.45) is 2.61. The highest BCUT2D eigenvalue weighted by Gasteiger charge is 1.99. The van der Waals surface area contributed by atoms with E-state index in [0.29, 0.717) is 5.69 Å². The van der Waals surface area contributed by atoms with Gasteiger partial charge in [-0.1, -0.05) is 6.07 Å². The maximum Gasteiger partial charge on any atom is 0.328 e. The Morgan fingerprint density at radius 1 is 1.28 bits per heavy atom. The summed E-state index contributed by atoms with van der Waals surface area (Å²) in [5, 5.41) is 18.2. The molecule has 0 radical (unpaired) electrons. The number of amides is 1. The van der Waals surface area contributed by atoms with Crippen LogP contribution in [0.15, 0.2) is 24.3 Å². The van der Waals surface area contributed by atoms with Gasteiger partial charge in [0.15, 0.2) is 0 Å².